The minimum atomic E-state index is -0.547. The quantitative estimate of drug-likeness (QED) is 0.581. The summed E-state index contributed by atoms with van der Waals surface area (Å²) in [6.07, 6.45) is 2.87. The van der Waals surface area contributed by atoms with Crippen molar-refractivity contribution in [3.05, 3.63) is 52.8 Å². The summed E-state index contributed by atoms with van der Waals surface area (Å²) in [5.41, 5.74) is 0. The fraction of sp³-hybridized carbons (Fsp3) is 0.100. The summed E-state index contributed by atoms with van der Waals surface area (Å²) in [7, 11) is 0. The first-order valence-corrected chi connectivity index (χ1v) is 4.61. The molecule has 0 bridgehead atoms. The van der Waals surface area contributed by atoms with E-state index in [4.69, 9.17) is 4.74 Å². The Morgan fingerprint density at radius 1 is 1.38 bits per heavy atom. The molecule has 1 aromatic heterocycles. The molecule has 0 saturated carbocycles. The van der Waals surface area contributed by atoms with Gasteiger partial charge in [-0.15, -0.1) is 0 Å². The van der Waals surface area contributed by atoms with Crippen LogP contribution in [0.15, 0.2) is 42.7 Å². The van der Waals surface area contributed by atoms with Gasteiger partial charge in [0, 0.05) is 0 Å². The zero-order valence-corrected chi connectivity index (χ0v) is 8.31. The molecule has 2 aromatic rings. The Bertz CT molecular complexity index is 481. The molecule has 16 heavy (non-hydrogen) atoms. The van der Waals surface area contributed by atoms with Crippen molar-refractivity contribution in [2.45, 2.75) is 6.73 Å². The molecule has 0 N–H and O–H groups in total. The highest BCUT2D eigenvalue weighted by atomic mass is 16.6. The molecule has 82 valence electrons. The van der Waals surface area contributed by atoms with Crippen molar-refractivity contribution in [3.63, 3.8) is 0 Å². The summed E-state index contributed by atoms with van der Waals surface area (Å²) in [5.74, 6) is 0.432. The van der Waals surface area contributed by atoms with Crippen LogP contribution in [-0.4, -0.2) is 14.5 Å². The number of para-hydroxylation sites is 1. The number of nitro groups is 1. The normalized spacial score (nSPS) is 10.0. The van der Waals surface area contributed by atoms with E-state index in [2.05, 4.69) is 4.98 Å². The van der Waals surface area contributed by atoms with Crippen molar-refractivity contribution >= 4 is 5.95 Å². The Hall–Kier alpha value is -2.37. The van der Waals surface area contributed by atoms with Crippen LogP contribution in [-0.2, 0) is 6.73 Å². The molecule has 0 amide bonds. The Labute approximate surface area is 91.3 Å². The van der Waals surface area contributed by atoms with Gasteiger partial charge in [-0.05, 0) is 17.1 Å². The summed E-state index contributed by atoms with van der Waals surface area (Å²) in [6.45, 7) is 0.0698. The second-order valence-electron chi connectivity index (χ2n) is 3.04. The van der Waals surface area contributed by atoms with Crippen molar-refractivity contribution in [2.24, 2.45) is 0 Å². The van der Waals surface area contributed by atoms with Gasteiger partial charge in [0.05, 0.1) is 0 Å². The van der Waals surface area contributed by atoms with E-state index in [0.29, 0.717) is 5.75 Å². The van der Waals surface area contributed by atoms with Crippen LogP contribution < -0.4 is 4.74 Å². The monoisotopic (exact) mass is 219 g/mol. The van der Waals surface area contributed by atoms with Gasteiger partial charge >= 0.3 is 5.95 Å². The van der Waals surface area contributed by atoms with Gasteiger partial charge in [0.25, 0.3) is 0 Å². The minimum Gasteiger partial charge on any atom is -0.461 e. The number of rotatable bonds is 4. The minimum absolute atomic E-state index is 0.0698. The topological polar surface area (TPSA) is 70.2 Å². The maximum absolute atomic E-state index is 10.6. The van der Waals surface area contributed by atoms with Gasteiger partial charge in [0.1, 0.15) is 18.1 Å². The molecule has 0 saturated heterocycles. The molecule has 6 heteroatoms. The Morgan fingerprint density at radius 3 is 2.81 bits per heavy atom. The average Bonchev–Trinajstić information content (AvgIpc) is 2.76. The lowest BCUT2D eigenvalue weighted by atomic mass is 10.3. The Kier molecular flexibility index (Phi) is 2.81. The first kappa shape index (κ1) is 10.2. The largest absolute Gasteiger partial charge is 0.461 e. The van der Waals surface area contributed by atoms with E-state index in [1.54, 1.807) is 12.1 Å². The highest BCUT2D eigenvalue weighted by Gasteiger charge is 2.13. The van der Waals surface area contributed by atoms with Crippen LogP contribution in [0.1, 0.15) is 0 Å². The number of nitrogens with zero attached hydrogens (tertiary/aromatic N) is 3. The van der Waals surface area contributed by atoms with Crippen LogP contribution in [0.25, 0.3) is 0 Å². The van der Waals surface area contributed by atoms with Gasteiger partial charge in [-0.1, -0.05) is 23.2 Å². The van der Waals surface area contributed by atoms with E-state index in [9.17, 15) is 10.1 Å². The second kappa shape index (κ2) is 4.43. The van der Waals surface area contributed by atoms with E-state index in [0.717, 1.165) is 0 Å². The maximum Gasteiger partial charge on any atom is 0.437 e. The van der Waals surface area contributed by atoms with Crippen molar-refractivity contribution < 1.29 is 9.66 Å². The van der Waals surface area contributed by atoms with Crippen LogP contribution in [0.2, 0.25) is 0 Å². The van der Waals surface area contributed by atoms with E-state index >= 15 is 0 Å². The molecule has 6 nitrogen and oxygen atoms in total. The molecule has 1 heterocycles. The van der Waals surface area contributed by atoms with Crippen LogP contribution in [0.3, 0.4) is 0 Å². The zero-order valence-electron chi connectivity index (χ0n) is 8.31. The molecule has 1 aromatic carbocycles. The predicted octanol–water partition coefficient (Wildman–Crippen LogP) is 1.83. The molecule has 0 aliphatic heterocycles. The zero-order chi connectivity index (χ0) is 11.4. The van der Waals surface area contributed by atoms with Crippen LogP contribution in [0.4, 0.5) is 5.95 Å². The van der Waals surface area contributed by atoms with Crippen molar-refractivity contribution in [3.8, 4) is 5.75 Å². The van der Waals surface area contributed by atoms with Crippen molar-refractivity contribution in [1.29, 1.82) is 0 Å². The highest BCUT2D eigenvalue weighted by molar-refractivity contribution is 5.20. The van der Waals surface area contributed by atoms with E-state index in [1.165, 1.54) is 17.0 Å². The van der Waals surface area contributed by atoms with Gasteiger partial charge < -0.3 is 14.9 Å². The molecular formula is C10H9N3O3. The molecule has 0 aliphatic rings. The van der Waals surface area contributed by atoms with Crippen molar-refractivity contribution in [2.75, 3.05) is 0 Å². The summed E-state index contributed by atoms with van der Waals surface area (Å²) >= 11 is 0. The number of imidazole rings is 1. The number of aromatic nitrogens is 2. The molecule has 0 spiro atoms. The van der Waals surface area contributed by atoms with Crippen LogP contribution >= 0.6 is 0 Å². The SMILES string of the molecule is O=[N+]([O-])c1nccn1COc1ccccc1. The highest BCUT2D eigenvalue weighted by Crippen LogP contribution is 2.12. The molecule has 2 rings (SSSR count). The van der Waals surface area contributed by atoms with Gasteiger partial charge in [-0.2, -0.15) is 4.57 Å². The van der Waals surface area contributed by atoms with Crippen LogP contribution in [0, 0.1) is 10.1 Å². The first-order chi connectivity index (χ1) is 7.77. The number of hydrogen-bond acceptors (Lipinski definition) is 4. The lowest BCUT2D eigenvalue weighted by molar-refractivity contribution is -0.397. The summed E-state index contributed by atoms with van der Waals surface area (Å²) in [5, 5.41) is 10.6. The van der Waals surface area contributed by atoms with Gasteiger partial charge in [0.2, 0.25) is 6.73 Å². The fourth-order valence-corrected chi connectivity index (χ4v) is 1.23. The predicted molar refractivity (Wildman–Crippen MR) is 56.0 cm³/mol. The third-order valence-corrected chi connectivity index (χ3v) is 1.97. The standard InChI is InChI=1S/C10H9N3O3/c14-13(15)10-11-6-7-12(10)8-16-9-4-2-1-3-5-9/h1-7H,8H2. The molecule has 0 unspecified atom stereocenters. The number of ether oxygens (including phenoxy) is 1. The smallest absolute Gasteiger partial charge is 0.437 e. The molecule has 0 radical (unpaired) electrons. The number of hydrogen-bond donors (Lipinski definition) is 0. The summed E-state index contributed by atoms with van der Waals surface area (Å²) < 4.78 is 6.69. The third kappa shape index (κ3) is 2.17. The lowest BCUT2D eigenvalue weighted by Crippen LogP contribution is -2.07. The first-order valence-electron chi connectivity index (χ1n) is 4.61. The molecular weight excluding hydrogens is 210 g/mol. The summed E-state index contributed by atoms with van der Waals surface area (Å²) in [4.78, 5) is 13.6. The Balaban J connectivity index is 2.05. The molecule has 0 aliphatic carbocycles. The fourth-order valence-electron chi connectivity index (χ4n) is 1.23. The second-order valence-corrected chi connectivity index (χ2v) is 3.04. The maximum atomic E-state index is 10.6. The summed E-state index contributed by atoms with van der Waals surface area (Å²) in [6, 6.07) is 9.09. The van der Waals surface area contributed by atoms with E-state index in [-0.39, 0.29) is 12.7 Å². The van der Waals surface area contributed by atoms with Crippen molar-refractivity contribution in [1.82, 2.24) is 9.55 Å². The van der Waals surface area contributed by atoms with Gasteiger partial charge in [-0.25, -0.2) is 0 Å². The molecule has 0 fully saturated rings. The van der Waals surface area contributed by atoms with E-state index in [1.807, 2.05) is 18.2 Å². The third-order valence-electron chi connectivity index (χ3n) is 1.97. The van der Waals surface area contributed by atoms with Gasteiger partial charge in [0.15, 0.2) is 0 Å². The van der Waals surface area contributed by atoms with Gasteiger partial charge in [-0.3, -0.25) is 0 Å². The van der Waals surface area contributed by atoms with Crippen LogP contribution in [0.5, 0.6) is 5.75 Å². The Morgan fingerprint density at radius 2 is 2.12 bits per heavy atom. The molecule has 0 atom stereocenters. The number of benzene rings is 1. The average molecular weight is 219 g/mol. The lowest BCUT2D eigenvalue weighted by Gasteiger charge is -2.04. The van der Waals surface area contributed by atoms with E-state index < -0.39 is 4.92 Å².